The third kappa shape index (κ3) is 3.88. The Balaban J connectivity index is 2.11. The molecule has 0 aliphatic rings. The lowest BCUT2D eigenvalue weighted by molar-refractivity contribution is -0.392. The maximum absolute atomic E-state index is 12.1. The SMILES string of the molecule is COc1ccc([N+](=O)[O-])cc1C(=O)OCCn1c([N+](=O)[O-])cnc1C. The van der Waals surface area contributed by atoms with Crippen molar-refractivity contribution < 1.29 is 24.1 Å². The number of hydrogen-bond acceptors (Lipinski definition) is 8. The minimum atomic E-state index is -0.832. The van der Waals surface area contributed by atoms with E-state index in [2.05, 4.69) is 4.98 Å². The first kappa shape index (κ1) is 17.8. The molecule has 2 rings (SSSR count). The van der Waals surface area contributed by atoms with Crippen LogP contribution in [0.4, 0.5) is 11.5 Å². The van der Waals surface area contributed by atoms with E-state index in [-0.39, 0.29) is 36.0 Å². The van der Waals surface area contributed by atoms with E-state index >= 15 is 0 Å². The molecule has 0 unspecified atom stereocenters. The molecular weight excluding hydrogens is 336 g/mol. The van der Waals surface area contributed by atoms with Crippen molar-refractivity contribution >= 4 is 17.5 Å². The fourth-order valence-corrected chi connectivity index (χ4v) is 2.15. The van der Waals surface area contributed by atoms with Gasteiger partial charge >= 0.3 is 11.8 Å². The molecule has 11 heteroatoms. The first-order valence-electron chi connectivity index (χ1n) is 7.01. The van der Waals surface area contributed by atoms with Gasteiger partial charge in [-0.25, -0.2) is 14.3 Å². The Bertz CT molecular complexity index is 831. The molecule has 25 heavy (non-hydrogen) atoms. The van der Waals surface area contributed by atoms with Crippen molar-refractivity contribution in [2.45, 2.75) is 13.5 Å². The summed E-state index contributed by atoms with van der Waals surface area (Å²) in [4.78, 5) is 36.5. The highest BCUT2D eigenvalue weighted by molar-refractivity contribution is 5.93. The lowest BCUT2D eigenvalue weighted by Gasteiger charge is -2.08. The van der Waals surface area contributed by atoms with Crippen molar-refractivity contribution in [2.24, 2.45) is 0 Å². The van der Waals surface area contributed by atoms with Gasteiger partial charge in [0.05, 0.1) is 12.0 Å². The van der Waals surface area contributed by atoms with Gasteiger partial charge in [-0.3, -0.25) is 10.1 Å². The van der Waals surface area contributed by atoms with Crippen LogP contribution >= 0.6 is 0 Å². The number of esters is 1. The van der Waals surface area contributed by atoms with Crippen LogP contribution in [-0.2, 0) is 11.3 Å². The zero-order chi connectivity index (χ0) is 18.6. The van der Waals surface area contributed by atoms with Gasteiger partial charge in [0, 0.05) is 19.1 Å². The summed E-state index contributed by atoms with van der Waals surface area (Å²) in [6, 6.07) is 3.54. The minimum Gasteiger partial charge on any atom is -0.496 e. The highest BCUT2D eigenvalue weighted by Crippen LogP contribution is 2.24. The van der Waals surface area contributed by atoms with E-state index in [1.54, 1.807) is 6.92 Å². The average Bonchev–Trinajstić information content (AvgIpc) is 2.95. The number of nitrogens with zero attached hydrogens (tertiary/aromatic N) is 4. The smallest absolute Gasteiger partial charge is 0.342 e. The van der Waals surface area contributed by atoms with Crippen molar-refractivity contribution in [2.75, 3.05) is 13.7 Å². The minimum absolute atomic E-state index is 0.0190. The number of carbonyl (C=O) groups excluding carboxylic acids is 1. The molecule has 132 valence electrons. The molecular formula is C14H14N4O7. The fraction of sp³-hybridized carbons (Fsp3) is 0.286. The van der Waals surface area contributed by atoms with Gasteiger partial charge in [0.2, 0.25) is 0 Å². The van der Waals surface area contributed by atoms with E-state index in [1.165, 1.54) is 23.8 Å². The number of imidazole rings is 1. The largest absolute Gasteiger partial charge is 0.496 e. The lowest BCUT2D eigenvalue weighted by Crippen LogP contribution is -2.14. The Labute approximate surface area is 141 Å². The third-order valence-electron chi connectivity index (χ3n) is 3.38. The molecule has 0 amide bonds. The molecule has 0 fully saturated rings. The summed E-state index contributed by atoms with van der Waals surface area (Å²) in [6.45, 7) is 1.42. The van der Waals surface area contributed by atoms with Crippen LogP contribution in [0.2, 0.25) is 0 Å². The summed E-state index contributed by atoms with van der Waals surface area (Å²) in [5.74, 6) is -0.529. The topological polar surface area (TPSA) is 140 Å². The first-order chi connectivity index (χ1) is 11.8. The Kier molecular flexibility index (Phi) is 5.27. The number of methoxy groups -OCH3 is 1. The van der Waals surface area contributed by atoms with E-state index in [9.17, 15) is 25.0 Å². The molecule has 0 saturated heterocycles. The maximum Gasteiger partial charge on any atom is 0.342 e. The summed E-state index contributed by atoms with van der Waals surface area (Å²) < 4.78 is 11.3. The van der Waals surface area contributed by atoms with Crippen LogP contribution in [0.1, 0.15) is 16.2 Å². The van der Waals surface area contributed by atoms with Gasteiger partial charge in [0.25, 0.3) is 5.69 Å². The van der Waals surface area contributed by atoms with Crippen molar-refractivity contribution in [3.8, 4) is 5.75 Å². The molecule has 1 heterocycles. The molecule has 0 aliphatic carbocycles. The number of rotatable bonds is 7. The number of ether oxygens (including phenoxy) is 2. The number of carbonyl (C=O) groups is 1. The predicted octanol–water partition coefficient (Wildman–Crippen LogP) is 1.87. The van der Waals surface area contributed by atoms with Crippen LogP contribution in [0.3, 0.4) is 0 Å². The predicted molar refractivity (Wildman–Crippen MR) is 83.5 cm³/mol. The monoisotopic (exact) mass is 350 g/mol. The lowest BCUT2D eigenvalue weighted by atomic mass is 10.2. The van der Waals surface area contributed by atoms with Gasteiger partial charge in [0.15, 0.2) is 5.82 Å². The molecule has 1 aromatic carbocycles. The Morgan fingerprint density at radius 2 is 2.00 bits per heavy atom. The van der Waals surface area contributed by atoms with E-state index in [1.807, 2.05) is 0 Å². The number of benzene rings is 1. The summed E-state index contributed by atoms with van der Waals surface area (Å²) >= 11 is 0. The summed E-state index contributed by atoms with van der Waals surface area (Å²) in [5.41, 5.74) is -0.387. The number of nitro groups is 2. The summed E-state index contributed by atoms with van der Waals surface area (Å²) in [7, 11) is 1.32. The molecule has 2 aromatic rings. The summed E-state index contributed by atoms with van der Waals surface area (Å²) in [6.07, 6.45) is 1.11. The van der Waals surface area contributed by atoms with Gasteiger partial charge in [-0.2, -0.15) is 0 Å². The molecule has 0 radical (unpaired) electrons. The quantitative estimate of drug-likeness (QED) is 0.419. The summed E-state index contributed by atoms with van der Waals surface area (Å²) in [5, 5.41) is 21.7. The van der Waals surface area contributed by atoms with Gasteiger partial charge < -0.3 is 19.6 Å². The molecule has 0 atom stereocenters. The normalized spacial score (nSPS) is 10.3. The number of aromatic nitrogens is 2. The number of nitro benzene ring substituents is 1. The van der Waals surface area contributed by atoms with Crippen molar-refractivity contribution in [3.05, 3.63) is 56.0 Å². The molecule has 0 aliphatic heterocycles. The average molecular weight is 350 g/mol. The van der Waals surface area contributed by atoms with E-state index in [0.29, 0.717) is 5.82 Å². The molecule has 0 N–H and O–H groups in total. The van der Waals surface area contributed by atoms with E-state index in [4.69, 9.17) is 9.47 Å². The standard InChI is InChI=1S/C14H14N4O7/c1-9-15-8-13(18(22)23)16(9)5-6-25-14(19)11-7-10(17(20)21)3-4-12(11)24-2/h3-4,7-8H,5-6H2,1-2H3. The highest BCUT2D eigenvalue weighted by atomic mass is 16.6. The van der Waals surface area contributed by atoms with Gasteiger partial charge in [-0.15, -0.1) is 0 Å². The fourth-order valence-electron chi connectivity index (χ4n) is 2.15. The van der Waals surface area contributed by atoms with Crippen molar-refractivity contribution in [3.63, 3.8) is 0 Å². The second-order valence-electron chi connectivity index (χ2n) is 4.85. The number of non-ortho nitro benzene ring substituents is 1. The van der Waals surface area contributed by atoms with Crippen LogP contribution in [0.25, 0.3) is 0 Å². The number of aryl methyl sites for hydroxylation is 1. The zero-order valence-electron chi connectivity index (χ0n) is 13.4. The Morgan fingerprint density at radius 1 is 1.28 bits per heavy atom. The molecule has 0 spiro atoms. The van der Waals surface area contributed by atoms with E-state index < -0.39 is 15.8 Å². The molecule has 0 saturated carbocycles. The van der Waals surface area contributed by atoms with Crippen LogP contribution < -0.4 is 4.74 Å². The van der Waals surface area contributed by atoms with Crippen molar-refractivity contribution in [1.29, 1.82) is 0 Å². The third-order valence-corrected chi connectivity index (χ3v) is 3.38. The van der Waals surface area contributed by atoms with Gasteiger partial charge in [0.1, 0.15) is 30.7 Å². The van der Waals surface area contributed by atoms with Crippen LogP contribution in [0.5, 0.6) is 5.75 Å². The second kappa shape index (κ2) is 7.38. The Hall–Kier alpha value is -3.50. The molecule has 11 nitrogen and oxygen atoms in total. The van der Waals surface area contributed by atoms with Gasteiger partial charge in [-0.1, -0.05) is 0 Å². The van der Waals surface area contributed by atoms with Crippen LogP contribution in [-0.4, -0.2) is 39.1 Å². The second-order valence-corrected chi connectivity index (χ2v) is 4.85. The van der Waals surface area contributed by atoms with Crippen LogP contribution in [0.15, 0.2) is 24.4 Å². The first-order valence-corrected chi connectivity index (χ1v) is 7.01. The van der Waals surface area contributed by atoms with Crippen molar-refractivity contribution in [1.82, 2.24) is 9.55 Å². The Morgan fingerprint density at radius 3 is 2.60 bits per heavy atom. The zero-order valence-corrected chi connectivity index (χ0v) is 13.4. The maximum atomic E-state index is 12.1. The van der Waals surface area contributed by atoms with E-state index in [0.717, 1.165) is 12.3 Å². The van der Waals surface area contributed by atoms with Crippen LogP contribution in [0, 0.1) is 27.2 Å². The molecule has 1 aromatic heterocycles. The highest BCUT2D eigenvalue weighted by Gasteiger charge is 2.21. The molecule has 0 bridgehead atoms. The van der Waals surface area contributed by atoms with Gasteiger partial charge in [-0.05, 0) is 11.0 Å². The number of hydrogen-bond donors (Lipinski definition) is 0.